The van der Waals surface area contributed by atoms with Crippen LogP contribution in [0.4, 0.5) is 0 Å². The first-order chi connectivity index (χ1) is 7.52. The van der Waals surface area contributed by atoms with Crippen molar-refractivity contribution in [2.45, 2.75) is 26.2 Å². The molecule has 0 saturated carbocycles. The van der Waals surface area contributed by atoms with Gasteiger partial charge in [-0.2, -0.15) is 0 Å². The molecule has 2 N–H and O–H groups in total. The maximum Gasteiger partial charge on any atom is 0.211 e. The molecule has 0 amide bonds. The summed E-state index contributed by atoms with van der Waals surface area (Å²) in [6.07, 6.45) is 2.10. The Morgan fingerprint density at radius 2 is 2.06 bits per heavy atom. The number of hydrogen-bond acceptors (Lipinski definition) is 4. The lowest BCUT2D eigenvalue weighted by Crippen LogP contribution is -2.28. The van der Waals surface area contributed by atoms with Gasteiger partial charge in [0.05, 0.1) is 5.75 Å². The van der Waals surface area contributed by atoms with Gasteiger partial charge in [0.15, 0.2) is 0 Å². The molecule has 0 aromatic heterocycles. The van der Waals surface area contributed by atoms with Crippen LogP contribution in [0.15, 0.2) is 0 Å². The van der Waals surface area contributed by atoms with Gasteiger partial charge in [0, 0.05) is 26.9 Å². The van der Waals surface area contributed by atoms with Crippen LogP contribution in [-0.4, -0.2) is 46.1 Å². The lowest BCUT2D eigenvalue weighted by molar-refractivity contribution is 0.199. The molecule has 0 heterocycles. The van der Waals surface area contributed by atoms with Gasteiger partial charge in [0.25, 0.3) is 0 Å². The molecule has 0 aliphatic rings. The van der Waals surface area contributed by atoms with E-state index in [1.807, 2.05) is 6.92 Å². The van der Waals surface area contributed by atoms with Gasteiger partial charge >= 0.3 is 0 Å². The highest BCUT2D eigenvalue weighted by atomic mass is 32.2. The predicted molar refractivity (Wildman–Crippen MR) is 63.8 cm³/mol. The van der Waals surface area contributed by atoms with Crippen molar-refractivity contribution in [1.82, 2.24) is 4.72 Å². The number of nitrogens with one attached hydrogen (secondary N) is 1. The minimum absolute atomic E-state index is 0.108. The Kier molecular flexibility index (Phi) is 8.83. The van der Waals surface area contributed by atoms with Crippen LogP contribution >= 0.6 is 0 Å². The fourth-order valence-electron chi connectivity index (χ4n) is 1.23. The summed E-state index contributed by atoms with van der Waals surface area (Å²) in [7, 11) is -1.60. The van der Waals surface area contributed by atoms with Crippen LogP contribution in [0.1, 0.15) is 26.2 Å². The molecule has 98 valence electrons. The van der Waals surface area contributed by atoms with Gasteiger partial charge in [-0.1, -0.05) is 6.92 Å². The first-order valence-electron chi connectivity index (χ1n) is 5.59. The van der Waals surface area contributed by atoms with Crippen molar-refractivity contribution in [1.29, 1.82) is 0 Å². The second-order valence-electron chi connectivity index (χ2n) is 3.99. The summed E-state index contributed by atoms with van der Waals surface area (Å²) in [6.45, 7) is 3.00. The van der Waals surface area contributed by atoms with Crippen LogP contribution in [0.5, 0.6) is 0 Å². The van der Waals surface area contributed by atoms with Crippen LogP contribution in [0.2, 0.25) is 0 Å². The smallest absolute Gasteiger partial charge is 0.211 e. The normalized spacial score (nSPS) is 13.9. The molecular formula is C10H23NO4S. The fraction of sp³-hybridized carbons (Fsp3) is 1.00. The van der Waals surface area contributed by atoms with Crippen LogP contribution in [0.25, 0.3) is 0 Å². The van der Waals surface area contributed by atoms with Crippen molar-refractivity contribution in [2.75, 3.05) is 32.6 Å². The number of aliphatic hydroxyl groups excluding tert-OH is 1. The number of hydrogen-bond donors (Lipinski definition) is 2. The highest BCUT2D eigenvalue weighted by molar-refractivity contribution is 7.89. The molecule has 1 atom stereocenters. The van der Waals surface area contributed by atoms with E-state index in [9.17, 15) is 8.42 Å². The summed E-state index contributed by atoms with van der Waals surface area (Å²) in [5.41, 5.74) is 0. The fourth-order valence-corrected chi connectivity index (χ4v) is 2.33. The zero-order valence-corrected chi connectivity index (χ0v) is 10.9. The van der Waals surface area contributed by atoms with Crippen LogP contribution in [0, 0.1) is 5.92 Å². The molecule has 0 saturated heterocycles. The van der Waals surface area contributed by atoms with Gasteiger partial charge in [0.1, 0.15) is 0 Å². The number of methoxy groups -OCH3 is 1. The molecule has 0 aliphatic carbocycles. The molecule has 0 aromatic carbocycles. The van der Waals surface area contributed by atoms with Gasteiger partial charge in [-0.15, -0.1) is 0 Å². The molecule has 0 spiro atoms. The third-order valence-electron chi connectivity index (χ3n) is 2.27. The van der Waals surface area contributed by atoms with Crippen molar-refractivity contribution < 1.29 is 18.3 Å². The SMILES string of the molecule is COCCCS(=O)(=O)NCCCC(C)CO. The summed E-state index contributed by atoms with van der Waals surface area (Å²) in [6, 6.07) is 0. The molecule has 16 heavy (non-hydrogen) atoms. The molecular weight excluding hydrogens is 230 g/mol. The number of aliphatic hydroxyl groups is 1. The quantitative estimate of drug-likeness (QED) is 0.551. The van der Waals surface area contributed by atoms with E-state index in [1.54, 1.807) is 7.11 Å². The largest absolute Gasteiger partial charge is 0.396 e. The summed E-state index contributed by atoms with van der Waals surface area (Å²) in [5.74, 6) is 0.342. The van der Waals surface area contributed by atoms with Gasteiger partial charge in [-0.05, 0) is 25.2 Å². The Morgan fingerprint density at radius 3 is 2.62 bits per heavy atom. The highest BCUT2D eigenvalue weighted by Crippen LogP contribution is 2.03. The third kappa shape index (κ3) is 9.08. The van der Waals surface area contributed by atoms with Crippen molar-refractivity contribution in [3.8, 4) is 0 Å². The molecule has 0 radical (unpaired) electrons. The van der Waals surface area contributed by atoms with Crippen LogP contribution in [-0.2, 0) is 14.8 Å². The predicted octanol–water partition coefficient (Wildman–Crippen LogP) is 0.351. The summed E-state index contributed by atoms with van der Waals surface area (Å²) < 4.78 is 30.1. The van der Waals surface area contributed by atoms with Gasteiger partial charge in [-0.3, -0.25) is 0 Å². The van der Waals surface area contributed by atoms with Gasteiger partial charge in [-0.25, -0.2) is 13.1 Å². The monoisotopic (exact) mass is 253 g/mol. The Hall–Kier alpha value is -0.170. The van der Waals surface area contributed by atoms with Gasteiger partial charge < -0.3 is 9.84 Å². The summed E-state index contributed by atoms with van der Waals surface area (Å²) in [4.78, 5) is 0. The third-order valence-corrected chi connectivity index (χ3v) is 3.74. The lowest BCUT2D eigenvalue weighted by atomic mass is 10.1. The van der Waals surface area contributed by atoms with Crippen molar-refractivity contribution in [3.05, 3.63) is 0 Å². The standard InChI is InChI=1S/C10H23NO4S/c1-10(9-12)5-3-6-11-16(13,14)8-4-7-15-2/h10-12H,3-9H2,1-2H3. The Bertz CT molecular complexity index is 254. The highest BCUT2D eigenvalue weighted by Gasteiger charge is 2.09. The Labute approximate surface area is 98.2 Å². The first-order valence-corrected chi connectivity index (χ1v) is 7.24. The summed E-state index contributed by atoms with van der Waals surface area (Å²) >= 11 is 0. The van der Waals surface area contributed by atoms with Crippen molar-refractivity contribution in [3.63, 3.8) is 0 Å². The van der Waals surface area contributed by atoms with E-state index in [-0.39, 0.29) is 18.3 Å². The number of ether oxygens (including phenoxy) is 1. The van der Waals surface area contributed by atoms with E-state index in [0.29, 0.717) is 19.6 Å². The molecule has 0 fully saturated rings. The second kappa shape index (κ2) is 8.92. The van der Waals surface area contributed by atoms with Crippen molar-refractivity contribution in [2.24, 2.45) is 5.92 Å². The van der Waals surface area contributed by atoms with Gasteiger partial charge in [0.2, 0.25) is 10.0 Å². The van der Waals surface area contributed by atoms with E-state index in [2.05, 4.69) is 4.72 Å². The molecule has 0 rings (SSSR count). The Balaban J connectivity index is 3.58. The average Bonchev–Trinajstić information content (AvgIpc) is 2.24. The van der Waals surface area contributed by atoms with Crippen molar-refractivity contribution >= 4 is 10.0 Å². The van der Waals surface area contributed by atoms with Crippen LogP contribution < -0.4 is 4.72 Å². The van der Waals surface area contributed by atoms with Crippen LogP contribution in [0.3, 0.4) is 0 Å². The molecule has 1 unspecified atom stereocenters. The Morgan fingerprint density at radius 1 is 1.38 bits per heavy atom. The zero-order valence-electron chi connectivity index (χ0n) is 10.1. The second-order valence-corrected chi connectivity index (χ2v) is 5.92. The van der Waals surface area contributed by atoms with E-state index in [1.165, 1.54) is 0 Å². The molecule has 6 heteroatoms. The molecule has 0 aliphatic heterocycles. The minimum Gasteiger partial charge on any atom is -0.396 e. The minimum atomic E-state index is -3.15. The number of sulfonamides is 1. The van der Waals surface area contributed by atoms with E-state index < -0.39 is 10.0 Å². The molecule has 0 aromatic rings. The van der Waals surface area contributed by atoms with E-state index in [0.717, 1.165) is 12.8 Å². The zero-order chi connectivity index (χ0) is 12.4. The number of rotatable bonds is 10. The molecule has 0 bridgehead atoms. The van der Waals surface area contributed by atoms with E-state index >= 15 is 0 Å². The average molecular weight is 253 g/mol. The first kappa shape index (κ1) is 15.8. The topological polar surface area (TPSA) is 75.6 Å². The maximum atomic E-state index is 11.4. The molecule has 5 nitrogen and oxygen atoms in total. The summed E-state index contributed by atoms with van der Waals surface area (Å²) in [5, 5.41) is 8.78. The maximum absolute atomic E-state index is 11.4. The van der Waals surface area contributed by atoms with E-state index in [4.69, 9.17) is 9.84 Å². The lowest BCUT2D eigenvalue weighted by Gasteiger charge is -2.08.